The van der Waals surface area contributed by atoms with Crippen molar-refractivity contribution in [2.24, 2.45) is 5.41 Å². The molecule has 1 fully saturated rings. The number of carbonyl (C=O) groups is 1. The van der Waals surface area contributed by atoms with Gasteiger partial charge in [0.2, 0.25) is 5.91 Å². The Bertz CT molecular complexity index is 232. The van der Waals surface area contributed by atoms with Gasteiger partial charge in [-0.3, -0.25) is 4.79 Å². The molecule has 1 aliphatic carbocycles. The number of hydrogen-bond acceptors (Lipinski definition) is 2. The quantitative estimate of drug-likeness (QED) is 0.754. The van der Waals surface area contributed by atoms with E-state index in [1.807, 2.05) is 39.8 Å². The molecule has 1 saturated carbocycles. The minimum atomic E-state index is -0.268. The topological polar surface area (TPSA) is 32.3 Å². The fraction of sp³-hybridized carbons (Fsp3) is 0.917. The van der Waals surface area contributed by atoms with Gasteiger partial charge in [-0.25, -0.2) is 0 Å². The first kappa shape index (κ1) is 12.5. The van der Waals surface area contributed by atoms with Gasteiger partial charge in [-0.05, 0) is 26.3 Å². The van der Waals surface area contributed by atoms with Crippen LogP contribution in [0.15, 0.2) is 0 Å². The van der Waals surface area contributed by atoms with Crippen LogP contribution in [0, 0.1) is 5.41 Å². The SMILES string of the molecule is CNC1CCCC1N(C)C(=O)C(C)(C)C. The summed E-state index contributed by atoms with van der Waals surface area (Å²) in [6.07, 6.45) is 3.53. The molecule has 0 aromatic rings. The van der Waals surface area contributed by atoms with Gasteiger partial charge in [0.15, 0.2) is 0 Å². The Kier molecular flexibility index (Phi) is 3.77. The summed E-state index contributed by atoms with van der Waals surface area (Å²) in [6.45, 7) is 5.94. The third-order valence-electron chi connectivity index (χ3n) is 3.31. The summed E-state index contributed by atoms with van der Waals surface area (Å²) in [5.41, 5.74) is -0.268. The Hall–Kier alpha value is -0.570. The molecule has 88 valence electrons. The van der Waals surface area contributed by atoms with Crippen molar-refractivity contribution in [2.45, 2.75) is 52.1 Å². The first-order valence-electron chi connectivity index (χ1n) is 5.82. The van der Waals surface area contributed by atoms with Crippen molar-refractivity contribution in [2.75, 3.05) is 14.1 Å². The number of rotatable bonds is 2. The molecule has 3 nitrogen and oxygen atoms in total. The predicted octanol–water partition coefficient (Wildman–Crippen LogP) is 1.63. The van der Waals surface area contributed by atoms with Gasteiger partial charge >= 0.3 is 0 Å². The molecule has 1 N–H and O–H groups in total. The third kappa shape index (κ3) is 2.71. The molecule has 0 bridgehead atoms. The Balaban J connectivity index is 2.67. The molecule has 2 unspecified atom stereocenters. The highest BCUT2D eigenvalue weighted by atomic mass is 16.2. The van der Waals surface area contributed by atoms with Crippen LogP contribution in [-0.2, 0) is 4.79 Å². The molecule has 0 radical (unpaired) electrons. The van der Waals surface area contributed by atoms with E-state index in [1.165, 1.54) is 12.8 Å². The van der Waals surface area contributed by atoms with Gasteiger partial charge < -0.3 is 10.2 Å². The molecule has 0 aliphatic heterocycles. The van der Waals surface area contributed by atoms with Crippen LogP contribution in [-0.4, -0.2) is 37.0 Å². The molecule has 0 saturated heterocycles. The second-order valence-electron chi connectivity index (χ2n) is 5.56. The normalized spacial score (nSPS) is 26.7. The maximum atomic E-state index is 12.1. The molecule has 0 aromatic heterocycles. The Morgan fingerprint density at radius 3 is 2.40 bits per heavy atom. The van der Waals surface area contributed by atoms with Gasteiger partial charge in [0.1, 0.15) is 0 Å². The number of nitrogens with zero attached hydrogens (tertiary/aromatic N) is 1. The highest BCUT2D eigenvalue weighted by Gasteiger charge is 2.35. The zero-order valence-corrected chi connectivity index (χ0v) is 10.6. The van der Waals surface area contributed by atoms with Crippen LogP contribution >= 0.6 is 0 Å². The molecule has 15 heavy (non-hydrogen) atoms. The second-order valence-corrected chi connectivity index (χ2v) is 5.56. The molecule has 1 rings (SSSR count). The van der Waals surface area contributed by atoms with Gasteiger partial charge in [0, 0.05) is 24.5 Å². The molecule has 1 aliphatic rings. The van der Waals surface area contributed by atoms with Crippen LogP contribution in [0.5, 0.6) is 0 Å². The highest BCUT2D eigenvalue weighted by molar-refractivity contribution is 5.81. The lowest BCUT2D eigenvalue weighted by atomic mass is 9.93. The Morgan fingerprint density at radius 1 is 1.33 bits per heavy atom. The minimum Gasteiger partial charge on any atom is -0.341 e. The lowest BCUT2D eigenvalue weighted by Gasteiger charge is -2.34. The Labute approximate surface area is 93.2 Å². The first-order chi connectivity index (χ1) is 6.88. The van der Waals surface area contributed by atoms with E-state index in [9.17, 15) is 4.79 Å². The zero-order valence-electron chi connectivity index (χ0n) is 10.6. The van der Waals surface area contributed by atoms with E-state index >= 15 is 0 Å². The minimum absolute atomic E-state index is 0.245. The fourth-order valence-electron chi connectivity index (χ4n) is 2.42. The monoisotopic (exact) mass is 212 g/mol. The van der Waals surface area contributed by atoms with Crippen LogP contribution in [0.3, 0.4) is 0 Å². The molecule has 0 heterocycles. The molecule has 1 amide bonds. The summed E-state index contributed by atoms with van der Waals surface area (Å²) in [4.78, 5) is 14.0. The lowest BCUT2D eigenvalue weighted by Crippen LogP contribution is -2.49. The first-order valence-corrected chi connectivity index (χ1v) is 5.82. The van der Waals surface area contributed by atoms with Crippen LogP contribution in [0.4, 0.5) is 0 Å². The smallest absolute Gasteiger partial charge is 0.227 e. The fourth-order valence-corrected chi connectivity index (χ4v) is 2.42. The number of carbonyl (C=O) groups excluding carboxylic acids is 1. The van der Waals surface area contributed by atoms with Gasteiger partial charge in [-0.2, -0.15) is 0 Å². The molecule has 2 atom stereocenters. The molecule has 0 spiro atoms. The van der Waals surface area contributed by atoms with Gasteiger partial charge in [-0.1, -0.05) is 20.8 Å². The van der Waals surface area contributed by atoms with Crippen LogP contribution in [0.2, 0.25) is 0 Å². The van der Waals surface area contributed by atoms with Crippen molar-refractivity contribution in [3.63, 3.8) is 0 Å². The van der Waals surface area contributed by atoms with E-state index in [0.29, 0.717) is 12.1 Å². The van der Waals surface area contributed by atoms with Gasteiger partial charge in [0.25, 0.3) is 0 Å². The summed E-state index contributed by atoms with van der Waals surface area (Å²) in [5.74, 6) is 0.245. The van der Waals surface area contributed by atoms with Crippen LogP contribution < -0.4 is 5.32 Å². The number of hydrogen-bond donors (Lipinski definition) is 1. The number of amides is 1. The molecule has 3 heteroatoms. The summed E-state index contributed by atoms with van der Waals surface area (Å²) >= 11 is 0. The van der Waals surface area contributed by atoms with E-state index in [-0.39, 0.29) is 11.3 Å². The van der Waals surface area contributed by atoms with Gasteiger partial charge in [-0.15, -0.1) is 0 Å². The summed E-state index contributed by atoms with van der Waals surface area (Å²) < 4.78 is 0. The Morgan fingerprint density at radius 2 is 1.93 bits per heavy atom. The average molecular weight is 212 g/mol. The molecular weight excluding hydrogens is 188 g/mol. The maximum absolute atomic E-state index is 12.1. The van der Waals surface area contributed by atoms with E-state index in [4.69, 9.17) is 0 Å². The zero-order chi connectivity index (χ0) is 11.6. The maximum Gasteiger partial charge on any atom is 0.227 e. The van der Waals surface area contributed by atoms with Crippen molar-refractivity contribution in [3.05, 3.63) is 0 Å². The van der Waals surface area contributed by atoms with Crippen LogP contribution in [0.1, 0.15) is 40.0 Å². The van der Waals surface area contributed by atoms with Crippen LogP contribution in [0.25, 0.3) is 0 Å². The molecular formula is C12H24N2O. The van der Waals surface area contributed by atoms with E-state index in [1.54, 1.807) is 0 Å². The summed E-state index contributed by atoms with van der Waals surface area (Å²) in [6, 6.07) is 0.850. The van der Waals surface area contributed by atoms with E-state index in [2.05, 4.69) is 5.32 Å². The van der Waals surface area contributed by atoms with Crippen molar-refractivity contribution < 1.29 is 4.79 Å². The standard InChI is InChI=1S/C12H24N2O/c1-12(2,3)11(15)14(5)10-8-6-7-9(10)13-4/h9-10,13H,6-8H2,1-5H3. The predicted molar refractivity (Wildman–Crippen MR) is 62.7 cm³/mol. The average Bonchev–Trinajstić information content (AvgIpc) is 2.61. The van der Waals surface area contributed by atoms with Crippen molar-refractivity contribution in [3.8, 4) is 0 Å². The largest absolute Gasteiger partial charge is 0.341 e. The number of nitrogens with one attached hydrogen (secondary N) is 1. The van der Waals surface area contributed by atoms with E-state index < -0.39 is 0 Å². The van der Waals surface area contributed by atoms with E-state index in [0.717, 1.165) is 6.42 Å². The number of likely N-dealkylation sites (N-methyl/N-ethyl adjacent to an activating group) is 2. The lowest BCUT2D eigenvalue weighted by molar-refractivity contribution is -0.140. The molecule has 0 aromatic carbocycles. The van der Waals surface area contributed by atoms with Gasteiger partial charge in [0.05, 0.1) is 0 Å². The van der Waals surface area contributed by atoms with Crippen molar-refractivity contribution >= 4 is 5.91 Å². The highest BCUT2D eigenvalue weighted by Crippen LogP contribution is 2.26. The third-order valence-corrected chi connectivity index (χ3v) is 3.31. The van der Waals surface area contributed by atoms with Crippen molar-refractivity contribution in [1.29, 1.82) is 0 Å². The van der Waals surface area contributed by atoms with Crippen molar-refractivity contribution in [1.82, 2.24) is 10.2 Å². The summed E-state index contributed by atoms with van der Waals surface area (Å²) in [5, 5.41) is 3.31. The summed E-state index contributed by atoms with van der Waals surface area (Å²) in [7, 11) is 3.92. The second kappa shape index (κ2) is 4.52.